The van der Waals surface area contributed by atoms with Crippen LogP contribution in [0.5, 0.6) is 0 Å². The fourth-order valence-corrected chi connectivity index (χ4v) is 3.68. The molecular weight excluding hydrogens is 374 g/mol. The monoisotopic (exact) mass is 389 g/mol. The van der Waals surface area contributed by atoms with E-state index in [1.54, 1.807) is 4.90 Å². The Kier molecular flexibility index (Phi) is 4.26. The number of rotatable bonds is 0. The number of nitrogens with zero attached hydrogens (tertiary/aromatic N) is 1. The highest BCUT2D eigenvalue weighted by atomic mass is 79.9. The topological polar surface area (TPSA) is 29.5 Å². The van der Waals surface area contributed by atoms with Crippen LogP contribution >= 0.6 is 31.9 Å². The normalized spacial score (nSPS) is 15.1. The number of hydrogen-bond acceptors (Lipinski definition) is 2. The Bertz CT molecular complexity index is 509. The number of halogens is 2. The average Bonchev–Trinajstić information content (AvgIpc) is 2.25. The van der Waals surface area contributed by atoms with Gasteiger partial charge in [-0.2, -0.15) is 0 Å². The summed E-state index contributed by atoms with van der Waals surface area (Å²) in [7, 11) is 0. The van der Waals surface area contributed by atoms with E-state index in [4.69, 9.17) is 4.74 Å². The van der Waals surface area contributed by atoms with E-state index in [1.807, 2.05) is 26.8 Å². The molecule has 1 aliphatic heterocycles. The lowest BCUT2D eigenvalue weighted by molar-refractivity contribution is 0.0577. The Morgan fingerprint density at radius 2 is 2.00 bits per heavy atom. The van der Waals surface area contributed by atoms with Crippen molar-refractivity contribution >= 4 is 43.6 Å². The molecule has 1 heterocycles. The highest BCUT2D eigenvalue weighted by Gasteiger charge is 2.29. The SMILES string of the molecule is CC(C)(C)OC(=O)N1CCCc2cc(Br)cc(Br)c21. The third-order valence-corrected chi connectivity index (χ3v) is 3.88. The molecule has 5 heteroatoms. The zero-order valence-electron chi connectivity index (χ0n) is 11.3. The van der Waals surface area contributed by atoms with Crippen molar-refractivity contribution in [2.75, 3.05) is 11.4 Å². The molecular formula is C14H17Br2NO2. The maximum absolute atomic E-state index is 12.3. The van der Waals surface area contributed by atoms with Gasteiger partial charge in [0.25, 0.3) is 0 Å². The van der Waals surface area contributed by atoms with Gasteiger partial charge >= 0.3 is 6.09 Å². The summed E-state index contributed by atoms with van der Waals surface area (Å²) in [6, 6.07) is 4.03. The Morgan fingerprint density at radius 3 is 2.63 bits per heavy atom. The number of carbonyl (C=O) groups is 1. The van der Waals surface area contributed by atoms with Crippen LogP contribution in [0.25, 0.3) is 0 Å². The van der Waals surface area contributed by atoms with Crippen molar-refractivity contribution in [3.8, 4) is 0 Å². The second-order valence-corrected chi connectivity index (χ2v) is 7.40. The van der Waals surface area contributed by atoms with E-state index < -0.39 is 5.60 Å². The van der Waals surface area contributed by atoms with Gasteiger partial charge in [0.2, 0.25) is 0 Å². The van der Waals surface area contributed by atoms with Crippen molar-refractivity contribution in [2.45, 2.75) is 39.2 Å². The highest BCUT2D eigenvalue weighted by Crippen LogP contribution is 2.37. The van der Waals surface area contributed by atoms with E-state index >= 15 is 0 Å². The second kappa shape index (κ2) is 5.44. The van der Waals surface area contributed by atoms with Crippen molar-refractivity contribution < 1.29 is 9.53 Å². The molecule has 19 heavy (non-hydrogen) atoms. The van der Waals surface area contributed by atoms with E-state index in [-0.39, 0.29) is 6.09 Å². The maximum Gasteiger partial charge on any atom is 0.414 e. The first kappa shape index (κ1) is 14.9. The minimum atomic E-state index is -0.476. The molecule has 0 spiro atoms. The van der Waals surface area contributed by atoms with Gasteiger partial charge in [0, 0.05) is 15.5 Å². The summed E-state index contributed by atoms with van der Waals surface area (Å²) in [5.74, 6) is 0. The Balaban J connectivity index is 2.35. The average molecular weight is 391 g/mol. The predicted octanol–water partition coefficient (Wildman–Crippen LogP) is 4.90. The molecule has 0 atom stereocenters. The number of amides is 1. The van der Waals surface area contributed by atoms with Gasteiger partial charge < -0.3 is 4.74 Å². The fraction of sp³-hybridized carbons (Fsp3) is 0.500. The number of benzene rings is 1. The molecule has 0 saturated heterocycles. The van der Waals surface area contributed by atoms with E-state index in [0.717, 1.165) is 27.5 Å². The summed E-state index contributed by atoms with van der Waals surface area (Å²) in [6.07, 6.45) is 1.65. The summed E-state index contributed by atoms with van der Waals surface area (Å²) in [4.78, 5) is 14.0. The zero-order chi connectivity index (χ0) is 14.2. The molecule has 0 unspecified atom stereocenters. The first-order valence-corrected chi connectivity index (χ1v) is 7.85. The number of ether oxygens (including phenoxy) is 1. The summed E-state index contributed by atoms with van der Waals surface area (Å²) in [5.41, 5.74) is 1.62. The lowest BCUT2D eigenvalue weighted by Gasteiger charge is -2.32. The lowest BCUT2D eigenvalue weighted by Crippen LogP contribution is -2.40. The van der Waals surface area contributed by atoms with E-state index in [9.17, 15) is 4.79 Å². The van der Waals surface area contributed by atoms with Crippen molar-refractivity contribution in [1.82, 2.24) is 0 Å². The fourth-order valence-electron chi connectivity index (χ4n) is 2.15. The number of fused-ring (bicyclic) bond motifs is 1. The molecule has 0 bridgehead atoms. The summed E-state index contributed by atoms with van der Waals surface area (Å²) in [5, 5.41) is 0. The third kappa shape index (κ3) is 3.51. The largest absolute Gasteiger partial charge is 0.443 e. The van der Waals surface area contributed by atoms with Crippen LogP contribution in [0.1, 0.15) is 32.8 Å². The smallest absolute Gasteiger partial charge is 0.414 e. The van der Waals surface area contributed by atoms with Gasteiger partial charge in [0.05, 0.1) is 5.69 Å². The van der Waals surface area contributed by atoms with Crippen LogP contribution < -0.4 is 4.90 Å². The van der Waals surface area contributed by atoms with E-state index in [0.29, 0.717) is 6.54 Å². The van der Waals surface area contributed by atoms with Gasteiger partial charge in [-0.05, 0) is 67.2 Å². The van der Waals surface area contributed by atoms with Gasteiger partial charge in [-0.1, -0.05) is 15.9 Å². The van der Waals surface area contributed by atoms with Crippen LogP contribution in [0.3, 0.4) is 0 Å². The molecule has 0 aliphatic carbocycles. The Labute approximate surface area is 130 Å². The molecule has 0 radical (unpaired) electrons. The molecule has 1 amide bonds. The molecule has 0 fully saturated rings. The standard InChI is InChI=1S/C14H17Br2NO2/c1-14(2,3)19-13(18)17-6-4-5-9-7-10(15)8-11(16)12(9)17/h7-8H,4-6H2,1-3H3. The van der Waals surface area contributed by atoms with Gasteiger partial charge in [-0.15, -0.1) is 0 Å². The lowest BCUT2D eigenvalue weighted by atomic mass is 10.0. The van der Waals surface area contributed by atoms with Gasteiger partial charge in [0.1, 0.15) is 5.60 Å². The highest BCUT2D eigenvalue weighted by molar-refractivity contribution is 9.11. The van der Waals surface area contributed by atoms with Crippen LogP contribution in [0.2, 0.25) is 0 Å². The quantitative estimate of drug-likeness (QED) is 0.630. The number of aryl methyl sites for hydroxylation is 1. The minimum Gasteiger partial charge on any atom is -0.443 e. The molecule has 0 aromatic heterocycles. The summed E-state index contributed by atoms with van der Waals surface area (Å²) >= 11 is 7.02. The van der Waals surface area contributed by atoms with Gasteiger partial charge in [-0.25, -0.2) is 4.79 Å². The molecule has 1 aromatic rings. The van der Waals surface area contributed by atoms with Crippen LogP contribution in [0.4, 0.5) is 10.5 Å². The van der Waals surface area contributed by atoms with Crippen LogP contribution in [-0.4, -0.2) is 18.2 Å². The van der Waals surface area contributed by atoms with E-state index in [2.05, 4.69) is 37.9 Å². The molecule has 104 valence electrons. The third-order valence-electron chi connectivity index (χ3n) is 2.82. The number of hydrogen-bond donors (Lipinski definition) is 0. The molecule has 0 saturated carbocycles. The minimum absolute atomic E-state index is 0.281. The molecule has 1 aliphatic rings. The summed E-state index contributed by atoms with van der Waals surface area (Å²) in [6.45, 7) is 6.34. The second-order valence-electron chi connectivity index (χ2n) is 5.63. The van der Waals surface area contributed by atoms with Crippen molar-refractivity contribution in [3.05, 3.63) is 26.6 Å². The van der Waals surface area contributed by atoms with Crippen LogP contribution in [-0.2, 0) is 11.2 Å². The zero-order valence-corrected chi connectivity index (χ0v) is 14.5. The number of anilines is 1. The first-order chi connectivity index (χ1) is 8.78. The van der Waals surface area contributed by atoms with Crippen LogP contribution in [0.15, 0.2) is 21.1 Å². The maximum atomic E-state index is 12.3. The Hall–Kier alpha value is -0.550. The molecule has 3 nitrogen and oxygen atoms in total. The van der Waals surface area contributed by atoms with Crippen molar-refractivity contribution in [3.63, 3.8) is 0 Å². The Morgan fingerprint density at radius 1 is 1.32 bits per heavy atom. The first-order valence-electron chi connectivity index (χ1n) is 6.26. The molecule has 1 aromatic carbocycles. The van der Waals surface area contributed by atoms with E-state index in [1.165, 1.54) is 5.56 Å². The van der Waals surface area contributed by atoms with Gasteiger partial charge in [-0.3, -0.25) is 4.90 Å². The van der Waals surface area contributed by atoms with Crippen LogP contribution in [0, 0.1) is 0 Å². The van der Waals surface area contributed by atoms with Gasteiger partial charge in [0.15, 0.2) is 0 Å². The number of carbonyl (C=O) groups excluding carboxylic acids is 1. The van der Waals surface area contributed by atoms with Crippen molar-refractivity contribution in [1.29, 1.82) is 0 Å². The predicted molar refractivity (Wildman–Crippen MR) is 83.7 cm³/mol. The molecule has 0 N–H and O–H groups in total. The summed E-state index contributed by atoms with van der Waals surface area (Å²) < 4.78 is 7.41. The van der Waals surface area contributed by atoms with Crippen molar-refractivity contribution in [2.24, 2.45) is 0 Å². The molecule has 2 rings (SSSR count).